The number of unbranched alkanes of at least 4 members (excludes halogenated alkanes) is 5. The number of quaternary nitrogens is 1. The lowest BCUT2D eigenvalue weighted by Crippen LogP contribution is -3.00. The van der Waals surface area contributed by atoms with Gasteiger partial charge in [0.2, 0.25) is 0 Å². The molecule has 0 unspecified atom stereocenters. The lowest BCUT2D eigenvalue weighted by Gasteiger charge is -2.36. The van der Waals surface area contributed by atoms with E-state index in [1.54, 1.807) is 0 Å². The van der Waals surface area contributed by atoms with Gasteiger partial charge in [0.05, 0.1) is 19.6 Å². The van der Waals surface area contributed by atoms with Crippen molar-refractivity contribution in [2.45, 2.75) is 59.3 Å². The molecule has 4 heteroatoms. The molecule has 0 aliphatic heterocycles. The number of carbonyl (C=O) groups excluding carboxylic acids is 1. The third-order valence-corrected chi connectivity index (χ3v) is 4.30. The van der Waals surface area contributed by atoms with Crippen LogP contribution in [0, 0.1) is 0 Å². The van der Waals surface area contributed by atoms with Crippen molar-refractivity contribution in [3.63, 3.8) is 0 Å². The molecule has 0 aromatic heterocycles. The van der Waals surface area contributed by atoms with Crippen LogP contribution in [0.1, 0.15) is 59.3 Å². The normalized spacial score (nSPS) is 10.8. The molecule has 0 saturated heterocycles. The number of rotatable bonds is 13. The van der Waals surface area contributed by atoms with E-state index in [-0.39, 0.29) is 18.4 Å². The van der Waals surface area contributed by atoms with Gasteiger partial charge in [0.25, 0.3) is 0 Å². The summed E-state index contributed by atoms with van der Waals surface area (Å²) in [4.78, 5) is 11.1. The van der Waals surface area contributed by atoms with Crippen LogP contribution in [0.25, 0.3) is 0 Å². The van der Waals surface area contributed by atoms with Gasteiger partial charge in [-0.25, -0.2) is 4.79 Å². The SMILES string of the molecule is C=CC(=O)OCC[N+](CC)(CC)CCCCCCCC.[Cl-]. The fourth-order valence-corrected chi connectivity index (χ4v) is 2.59. The van der Waals surface area contributed by atoms with E-state index in [9.17, 15) is 4.79 Å². The number of esters is 1. The average molecular weight is 320 g/mol. The minimum atomic E-state index is -0.310. The van der Waals surface area contributed by atoms with Crippen LogP contribution in [0.15, 0.2) is 12.7 Å². The molecule has 126 valence electrons. The number of hydrogen-bond donors (Lipinski definition) is 0. The second-order valence-electron chi connectivity index (χ2n) is 5.56. The summed E-state index contributed by atoms with van der Waals surface area (Å²) >= 11 is 0. The first kappa shape index (κ1) is 22.7. The summed E-state index contributed by atoms with van der Waals surface area (Å²) in [7, 11) is 0. The van der Waals surface area contributed by atoms with E-state index in [1.165, 1.54) is 51.1 Å². The number of carbonyl (C=O) groups is 1. The van der Waals surface area contributed by atoms with E-state index < -0.39 is 0 Å². The average Bonchev–Trinajstić information content (AvgIpc) is 2.48. The van der Waals surface area contributed by atoms with E-state index in [0.717, 1.165) is 24.1 Å². The van der Waals surface area contributed by atoms with Crippen LogP contribution in [0.4, 0.5) is 0 Å². The topological polar surface area (TPSA) is 26.3 Å². The van der Waals surface area contributed by atoms with Crippen molar-refractivity contribution in [1.29, 1.82) is 0 Å². The molecule has 0 rings (SSSR count). The molecule has 3 nitrogen and oxygen atoms in total. The Morgan fingerprint density at radius 1 is 1.00 bits per heavy atom. The highest BCUT2D eigenvalue weighted by Crippen LogP contribution is 2.12. The van der Waals surface area contributed by atoms with Gasteiger partial charge in [-0.1, -0.05) is 39.2 Å². The number of halogens is 1. The van der Waals surface area contributed by atoms with Crippen molar-refractivity contribution < 1.29 is 26.4 Å². The number of nitrogens with zero attached hydrogens (tertiary/aromatic N) is 1. The molecule has 0 spiro atoms. The van der Waals surface area contributed by atoms with E-state index in [1.807, 2.05) is 0 Å². The third kappa shape index (κ3) is 10.8. The molecular weight excluding hydrogens is 286 g/mol. The fourth-order valence-electron chi connectivity index (χ4n) is 2.59. The number of likely N-dealkylation sites (N-methyl/N-ethyl adjacent to an activating group) is 1. The molecule has 0 aliphatic rings. The molecule has 0 atom stereocenters. The smallest absolute Gasteiger partial charge is 0.330 e. The minimum absolute atomic E-state index is 0. The highest BCUT2D eigenvalue weighted by molar-refractivity contribution is 5.81. The van der Waals surface area contributed by atoms with Crippen molar-refractivity contribution in [1.82, 2.24) is 0 Å². The van der Waals surface area contributed by atoms with Crippen LogP contribution in [-0.4, -0.2) is 43.2 Å². The molecule has 0 aliphatic carbocycles. The maximum Gasteiger partial charge on any atom is 0.330 e. The Labute approximate surface area is 137 Å². The van der Waals surface area contributed by atoms with Gasteiger partial charge in [0, 0.05) is 6.08 Å². The first-order valence-corrected chi connectivity index (χ1v) is 8.28. The summed E-state index contributed by atoms with van der Waals surface area (Å²) in [6, 6.07) is 0. The largest absolute Gasteiger partial charge is 1.00 e. The quantitative estimate of drug-likeness (QED) is 0.218. The summed E-state index contributed by atoms with van der Waals surface area (Å²) in [5.74, 6) is -0.310. The zero-order valence-electron chi connectivity index (χ0n) is 14.2. The molecule has 0 aromatic carbocycles. The van der Waals surface area contributed by atoms with Crippen molar-refractivity contribution >= 4 is 5.97 Å². The van der Waals surface area contributed by atoms with E-state index in [2.05, 4.69) is 27.4 Å². The zero-order chi connectivity index (χ0) is 15.3. The first-order chi connectivity index (χ1) is 9.64. The molecule has 0 amide bonds. The molecule has 0 aromatic rings. The van der Waals surface area contributed by atoms with E-state index in [4.69, 9.17) is 4.74 Å². The van der Waals surface area contributed by atoms with E-state index >= 15 is 0 Å². The van der Waals surface area contributed by atoms with Crippen LogP contribution >= 0.6 is 0 Å². The van der Waals surface area contributed by atoms with Crippen molar-refractivity contribution in [2.24, 2.45) is 0 Å². The Bertz CT molecular complexity index is 266. The summed E-state index contributed by atoms with van der Waals surface area (Å²) in [6.45, 7) is 15.0. The second kappa shape index (κ2) is 14.4. The highest BCUT2D eigenvalue weighted by atomic mass is 35.5. The van der Waals surface area contributed by atoms with Gasteiger partial charge in [-0.3, -0.25) is 0 Å². The molecule has 0 N–H and O–H groups in total. The van der Waals surface area contributed by atoms with E-state index in [0.29, 0.717) is 6.61 Å². The lowest BCUT2D eigenvalue weighted by atomic mass is 10.1. The van der Waals surface area contributed by atoms with Crippen molar-refractivity contribution in [3.05, 3.63) is 12.7 Å². The first-order valence-electron chi connectivity index (χ1n) is 8.28. The monoisotopic (exact) mass is 319 g/mol. The van der Waals surface area contributed by atoms with Crippen LogP contribution in [-0.2, 0) is 9.53 Å². The summed E-state index contributed by atoms with van der Waals surface area (Å²) < 4.78 is 6.19. The summed E-state index contributed by atoms with van der Waals surface area (Å²) in [5.41, 5.74) is 0. The predicted molar refractivity (Wildman–Crippen MR) is 85.6 cm³/mol. The van der Waals surface area contributed by atoms with Gasteiger partial charge in [-0.2, -0.15) is 0 Å². The Morgan fingerprint density at radius 2 is 1.57 bits per heavy atom. The standard InChI is InChI=1S/C17H34NO2.ClH/c1-5-9-10-11-12-13-14-18(7-3,8-4)15-16-20-17(19)6-2;/h6H,2,5,7-16H2,1,3-4H3;1H/q+1;/p-1. The van der Waals surface area contributed by atoms with Crippen LogP contribution in [0.3, 0.4) is 0 Å². The molecule has 0 saturated carbocycles. The predicted octanol–water partition coefficient (Wildman–Crippen LogP) is 0.937. The summed E-state index contributed by atoms with van der Waals surface area (Å²) in [5, 5.41) is 0. The van der Waals surface area contributed by atoms with Crippen LogP contribution in [0.2, 0.25) is 0 Å². The highest BCUT2D eigenvalue weighted by Gasteiger charge is 2.22. The maximum atomic E-state index is 11.1. The number of hydrogen-bond acceptors (Lipinski definition) is 2. The maximum absolute atomic E-state index is 11.1. The molecule has 0 fully saturated rings. The molecular formula is C17H34ClNO2. The van der Waals surface area contributed by atoms with Crippen molar-refractivity contribution in [3.8, 4) is 0 Å². The van der Waals surface area contributed by atoms with Crippen LogP contribution < -0.4 is 12.4 Å². The third-order valence-electron chi connectivity index (χ3n) is 4.30. The molecule has 0 heterocycles. The van der Waals surface area contributed by atoms with Crippen LogP contribution in [0.5, 0.6) is 0 Å². The van der Waals surface area contributed by atoms with Gasteiger partial charge in [-0.15, -0.1) is 0 Å². The second-order valence-corrected chi connectivity index (χ2v) is 5.56. The Balaban J connectivity index is 0. The zero-order valence-corrected chi connectivity index (χ0v) is 15.0. The lowest BCUT2D eigenvalue weighted by molar-refractivity contribution is -0.925. The molecule has 0 radical (unpaired) electrons. The van der Waals surface area contributed by atoms with Gasteiger partial charge >= 0.3 is 5.97 Å². The fraction of sp³-hybridized carbons (Fsp3) is 0.824. The Hall–Kier alpha value is -0.540. The molecule has 21 heavy (non-hydrogen) atoms. The van der Waals surface area contributed by atoms with Gasteiger partial charge in [-0.05, 0) is 26.7 Å². The molecule has 0 bridgehead atoms. The Morgan fingerprint density at radius 3 is 2.10 bits per heavy atom. The Kier molecular flexibility index (Phi) is 15.6. The number of ether oxygens (including phenoxy) is 1. The van der Waals surface area contributed by atoms with Gasteiger partial charge in [0.1, 0.15) is 13.2 Å². The summed E-state index contributed by atoms with van der Waals surface area (Å²) in [6.07, 6.45) is 9.23. The minimum Gasteiger partial charge on any atom is -1.00 e. The van der Waals surface area contributed by atoms with Gasteiger partial charge in [0.15, 0.2) is 0 Å². The van der Waals surface area contributed by atoms with Gasteiger partial charge < -0.3 is 21.6 Å². The van der Waals surface area contributed by atoms with Crippen molar-refractivity contribution in [2.75, 3.05) is 32.8 Å².